The molecule has 0 bridgehead atoms. The summed E-state index contributed by atoms with van der Waals surface area (Å²) in [6.45, 7) is 2.27. The van der Waals surface area contributed by atoms with Gasteiger partial charge in [-0.1, -0.05) is 36.4 Å². The molecule has 0 amide bonds. The van der Waals surface area contributed by atoms with E-state index >= 15 is 0 Å². The molecule has 2 aromatic carbocycles. The number of benzene rings is 2. The normalized spacial score (nSPS) is 10.8. The number of hydrogen-bond donors (Lipinski definition) is 0. The highest BCUT2D eigenvalue weighted by Gasteiger charge is 2.07. The number of Topliss-reactive ketones (excluding diaryl/α,β-unsaturated/α-hetero) is 1. The summed E-state index contributed by atoms with van der Waals surface area (Å²) in [5, 5.41) is 7.67. The first kappa shape index (κ1) is 16.4. The number of aromatic nitrogens is 3. The van der Waals surface area contributed by atoms with Crippen LogP contribution in [0.2, 0.25) is 0 Å². The number of thiazole rings is 1. The van der Waals surface area contributed by atoms with Crippen LogP contribution in [0.15, 0.2) is 72.4 Å². The molecule has 0 spiro atoms. The molecular formula is C21H17N3OS. The third kappa shape index (κ3) is 3.48. The van der Waals surface area contributed by atoms with E-state index in [2.05, 4.69) is 22.2 Å². The molecule has 2 aromatic heterocycles. The molecule has 0 saturated heterocycles. The van der Waals surface area contributed by atoms with Crippen LogP contribution in [-0.4, -0.2) is 20.5 Å². The van der Waals surface area contributed by atoms with Gasteiger partial charge in [-0.05, 0) is 36.2 Å². The van der Waals surface area contributed by atoms with Crippen LogP contribution in [0.5, 0.6) is 0 Å². The Morgan fingerprint density at radius 2 is 1.81 bits per heavy atom. The van der Waals surface area contributed by atoms with E-state index in [0.717, 1.165) is 33.0 Å². The van der Waals surface area contributed by atoms with Crippen molar-refractivity contribution >= 4 is 17.1 Å². The van der Waals surface area contributed by atoms with Crippen molar-refractivity contribution in [2.75, 3.05) is 0 Å². The highest BCUT2D eigenvalue weighted by atomic mass is 32.1. The van der Waals surface area contributed by atoms with Crippen molar-refractivity contribution in [3.05, 3.63) is 82.9 Å². The highest BCUT2D eigenvalue weighted by Crippen LogP contribution is 2.26. The van der Waals surface area contributed by atoms with Gasteiger partial charge in [0, 0.05) is 28.9 Å². The fourth-order valence-electron chi connectivity index (χ4n) is 2.85. The lowest BCUT2D eigenvalue weighted by Gasteiger charge is -2.06. The minimum atomic E-state index is 0.0731. The lowest BCUT2D eigenvalue weighted by atomic mass is 9.99. The van der Waals surface area contributed by atoms with Gasteiger partial charge in [-0.15, -0.1) is 11.3 Å². The second kappa shape index (κ2) is 7.06. The molecule has 0 N–H and O–H groups in total. The topological polar surface area (TPSA) is 47.8 Å². The molecular weight excluding hydrogens is 342 g/mol. The van der Waals surface area contributed by atoms with Crippen molar-refractivity contribution in [1.29, 1.82) is 0 Å². The van der Waals surface area contributed by atoms with E-state index in [1.54, 1.807) is 18.3 Å². The van der Waals surface area contributed by atoms with Gasteiger partial charge in [0.2, 0.25) is 0 Å². The summed E-state index contributed by atoms with van der Waals surface area (Å²) in [7, 11) is 0. The predicted molar refractivity (Wildman–Crippen MR) is 104 cm³/mol. The summed E-state index contributed by atoms with van der Waals surface area (Å²) in [6.07, 6.45) is 3.78. The maximum Gasteiger partial charge on any atom is 0.159 e. The van der Waals surface area contributed by atoms with Gasteiger partial charge in [0.25, 0.3) is 0 Å². The van der Waals surface area contributed by atoms with Crippen molar-refractivity contribution in [1.82, 2.24) is 14.8 Å². The van der Waals surface area contributed by atoms with E-state index < -0.39 is 0 Å². The molecule has 5 heteroatoms. The number of ketones is 1. The molecule has 0 aliphatic carbocycles. The van der Waals surface area contributed by atoms with Crippen molar-refractivity contribution in [3.8, 4) is 22.4 Å². The summed E-state index contributed by atoms with van der Waals surface area (Å²) >= 11 is 1.63. The van der Waals surface area contributed by atoms with Gasteiger partial charge in [-0.25, -0.2) is 4.98 Å². The van der Waals surface area contributed by atoms with Crippen LogP contribution in [-0.2, 0) is 6.54 Å². The van der Waals surface area contributed by atoms with Crippen molar-refractivity contribution in [3.63, 3.8) is 0 Å². The van der Waals surface area contributed by atoms with Gasteiger partial charge in [-0.2, -0.15) is 5.10 Å². The lowest BCUT2D eigenvalue weighted by molar-refractivity contribution is 0.101. The Morgan fingerprint density at radius 1 is 1.04 bits per heavy atom. The second-order valence-electron chi connectivity index (χ2n) is 6.04. The van der Waals surface area contributed by atoms with E-state index in [9.17, 15) is 4.79 Å². The Hall–Kier alpha value is -3.05. The van der Waals surface area contributed by atoms with Crippen LogP contribution in [0.25, 0.3) is 22.4 Å². The summed E-state index contributed by atoms with van der Waals surface area (Å²) in [5.41, 5.74) is 4.79. The quantitative estimate of drug-likeness (QED) is 0.475. The molecule has 2 heterocycles. The van der Waals surface area contributed by atoms with E-state index in [0.29, 0.717) is 6.54 Å². The molecule has 128 valence electrons. The molecule has 0 aliphatic rings. The van der Waals surface area contributed by atoms with E-state index in [1.807, 2.05) is 64.9 Å². The zero-order valence-electron chi connectivity index (χ0n) is 14.3. The van der Waals surface area contributed by atoms with E-state index in [1.165, 1.54) is 0 Å². The third-order valence-corrected chi connectivity index (χ3v) is 4.95. The number of nitrogens with zero attached hydrogens (tertiary/aromatic N) is 3. The average molecular weight is 359 g/mol. The van der Waals surface area contributed by atoms with Gasteiger partial charge >= 0.3 is 0 Å². The zero-order chi connectivity index (χ0) is 17.9. The molecule has 0 saturated carbocycles. The van der Waals surface area contributed by atoms with Crippen LogP contribution < -0.4 is 0 Å². The van der Waals surface area contributed by atoms with Gasteiger partial charge in [0.15, 0.2) is 5.78 Å². The Balaban J connectivity index is 1.63. The van der Waals surface area contributed by atoms with Crippen LogP contribution >= 0.6 is 11.3 Å². The van der Waals surface area contributed by atoms with Crippen molar-refractivity contribution < 1.29 is 4.79 Å². The molecule has 0 unspecified atom stereocenters. The smallest absolute Gasteiger partial charge is 0.159 e. The highest BCUT2D eigenvalue weighted by molar-refractivity contribution is 7.09. The first-order valence-electron chi connectivity index (χ1n) is 8.33. The zero-order valence-corrected chi connectivity index (χ0v) is 15.1. The van der Waals surface area contributed by atoms with Crippen molar-refractivity contribution in [2.24, 2.45) is 0 Å². The standard InChI is InChI=1S/C21H17N3OS/c1-15(25)16-4-2-5-17(12-16)18-6-3-7-19(13-18)20-8-10-24(23-20)14-21-22-9-11-26-21/h2-13H,14H2,1H3. The van der Waals surface area contributed by atoms with E-state index in [4.69, 9.17) is 0 Å². The van der Waals surface area contributed by atoms with Crippen molar-refractivity contribution in [2.45, 2.75) is 13.5 Å². The fraction of sp³-hybridized carbons (Fsp3) is 0.0952. The summed E-state index contributed by atoms with van der Waals surface area (Å²) in [5.74, 6) is 0.0731. The first-order chi connectivity index (χ1) is 12.7. The molecule has 4 aromatic rings. The number of carbonyl (C=O) groups excluding carboxylic acids is 1. The van der Waals surface area contributed by atoms with Gasteiger partial charge in [-0.3, -0.25) is 9.48 Å². The number of hydrogen-bond acceptors (Lipinski definition) is 4. The van der Waals surface area contributed by atoms with Crippen LogP contribution in [0.3, 0.4) is 0 Å². The molecule has 0 fully saturated rings. The molecule has 26 heavy (non-hydrogen) atoms. The summed E-state index contributed by atoms with van der Waals surface area (Å²) < 4.78 is 1.90. The maximum atomic E-state index is 11.6. The second-order valence-corrected chi connectivity index (χ2v) is 7.02. The summed E-state index contributed by atoms with van der Waals surface area (Å²) in [4.78, 5) is 15.9. The lowest BCUT2D eigenvalue weighted by Crippen LogP contribution is -1.99. The Bertz CT molecular complexity index is 1050. The number of rotatable bonds is 5. The molecule has 4 rings (SSSR count). The molecule has 0 radical (unpaired) electrons. The molecule has 0 aliphatic heterocycles. The Morgan fingerprint density at radius 3 is 2.58 bits per heavy atom. The molecule has 4 nitrogen and oxygen atoms in total. The SMILES string of the molecule is CC(=O)c1cccc(-c2cccc(-c3ccn(Cc4nccs4)n3)c2)c1. The Labute approximate surface area is 155 Å². The van der Waals surface area contributed by atoms with E-state index in [-0.39, 0.29) is 5.78 Å². The van der Waals surface area contributed by atoms with Gasteiger partial charge < -0.3 is 0 Å². The molecule has 0 atom stereocenters. The van der Waals surface area contributed by atoms with Crippen LogP contribution in [0, 0.1) is 0 Å². The predicted octanol–water partition coefficient (Wildman–Crippen LogP) is 4.92. The van der Waals surface area contributed by atoms with Crippen LogP contribution in [0.4, 0.5) is 0 Å². The van der Waals surface area contributed by atoms with Gasteiger partial charge in [0.1, 0.15) is 5.01 Å². The fourth-order valence-corrected chi connectivity index (χ4v) is 3.46. The minimum absolute atomic E-state index is 0.0731. The van der Waals surface area contributed by atoms with Gasteiger partial charge in [0.05, 0.1) is 12.2 Å². The van der Waals surface area contributed by atoms with Crippen LogP contribution in [0.1, 0.15) is 22.3 Å². The minimum Gasteiger partial charge on any atom is -0.295 e. The number of carbonyl (C=O) groups is 1. The summed E-state index contributed by atoms with van der Waals surface area (Å²) in [6, 6.07) is 18.0. The Kier molecular flexibility index (Phi) is 4.46. The first-order valence-corrected chi connectivity index (χ1v) is 9.21. The average Bonchev–Trinajstić information content (AvgIpc) is 3.34. The maximum absolute atomic E-state index is 11.6. The third-order valence-electron chi connectivity index (χ3n) is 4.18. The monoisotopic (exact) mass is 359 g/mol. The largest absolute Gasteiger partial charge is 0.295 e.